The summed E-state index contributed by atoms with van der Waals surface area (Å²) in [5, 5.41) is 18.9. The van der Waals surface area contributed by atoms with Gasteiger partial charge in [0.25, 0.3) is 0 Å². The van der Waals surface area contributed by atoms with Crippen molar-refractivity contribution < 1.29 is 36.6 Å². The molecule has 1 aromatic heterocycles. The third-order valence-corrected chi connectivity index (χ3v) is 4.48. The standard InChI is InChI=1S/C16H14F6N2O3/c17-15(18,19)10-5-13(26)23-11-2-1-7(3-9(10)11)24-6-8(25)4-12(24)14(27)16(20,21)22/h1-3,5,8,12,14,25,27H,4,6H2,(H,23,26). The van der Waals surface area contributed by atoms with E-state index in [1.54, 1.807) is 0 Å². The van der Waals surface area contributed by atoms with Gasteiger partial charge in [-0.15, -0.1) is 0 Å². The zero-order valence-electron chi connectivity index (χ0n) is 13.5. The highest BCUT2D eigenvalue weighted by Crippen LogP contribution is 2.38. The molecule has 3 unspecified atom stereocenters. The van der Waals surface area contributed by atoms with Gasteiger partial charge in [-0.05, 0) is 24.6 Å². The summed E-state index contributed by atoms with van der Waals surface area (Å²) in [6.07, 6.45) is -14.1. The lowest BCUT2D eigenvalue weighted by Gasteiger charge is -2.31. The molecule has 0 aliphatic carbocycles. The Morgan fingerprint density at radius 2 is 1.81 bits per heavy atom. The van der Waals surface area contributed by atoms with Gasteiger partial charge >= 0.3 is 12.4 Å². The molecule has 3 atom stereocenters. The van der Waals surface area contributed by atoms with Gasteiger partial charge in [-0.25, -0.2) is 0 Å². The predicted octanol–water partition coefficient (Wildman–Crippen LogP) is 2.41. The quantitative estimate of drug-likeness (QED) is 0.682. The van der Waals surface area contributed by atoms with E-state index in [0.717, 1.165) is 17.0 Å². The number of H-pyrrole nitrogens is 1. The maximum Gasteiger partial charge on any atom is 0.417 e. The summed E-state index contributed by atoms with van der Waals surface area (Å²) in [5.74, 6) is 0. The monoisotopic (exact) mass is 396 g/mol. The highest BCUT2D eigenvalue weighted by atomic mass is 19.4. The van der Waals surface area contributed by atoms with Crippen molar-refractivity contribution in [2.24, 2.45) is 0 Å². The number of nitrogens with zero attached hydrogens (tertiary/aromatic N) is 1. The molecule has 3 rings (SSSR count). The molecule has 2 aromatic rings. The summed E-state index contributed by atoms with van der Waals surface area (Å²) < 4.78 is 78.4. The molecule has 27 heavy (non-hydrogen) atoms. The van der Waals surface area contributed by atoms with Gasteiger partial charge in [0.1, 0.15) is 0 Å². The van der Waals surface area contributed by atoms with E-state index in [-0.39, 0.29) is 17.7 Å². The smallest absolute Gasteiger partial charge is 0.391 e. The van der Waals surface area contributed by atoms with Gasteiger partial charge in [0.15, 0.2) is 6.10 Å². The lowest BCUT2D eigenvalue weighted by molar-refractivity contribution is -0.209. The number of halogens is 6. The number of anilines is 1. The number of hydrogen-bond donors (Lipinski definition) is 3. The molecule has 1 saturated heterocycles. The molecule has 5 nitrogen and oxygen atoms in total. The van der Waals surface area contributed by atoms with Gasteiger partial charge < -0.3 is 20.1 Å². The molecule has 0 amide bonds. The summed E-state index contributed by atoms with van der Waals surface area (Å²) in [6, 6.07) is 2.18. The molecule has 0 saturated carbocycles. The second-order valence-corrected chi connectivity index (χ2v) is 6.37. The molecule has 1 fully saturated rings. The van der Waals surface area contributed by atoms with E-state index in [1.165, 1.54) is 6.07 Å². The Bertz CT molecular complexity index is 908. The maximum atomic E-state index is 13.2. The van der Waals surface area contributed by atoms with E-state index < -0.39 is 53.5 Å². The molecule has 1 aliphatic heterocycles. The second kappa shape index (κ2) is 6.41. The molecule has 11 heteroatoms. The number of benzene rings is 1. The van der Waals surface area contributed by atoms with Crippen LogP contribution in [0, 0.1) is 0 Å². The lowest BCUT2D eigenvalue weighted by Crippen LogP contribution is -2.47. The van der Waals surface area contributed by atoms with E-state index in [0.29, 0.717) is 6.07 Å². The van der Waals surface area contributed by atoms with Crippen LogP contribution in [0.2, 0.25) is 0 Å². The van der Waals surface area contributed by atoms with E-state index in [4.69, 9.17) is 0 Å². The van der Waals surface area contributed by atoms with Crippen LogP contribution in [0.25, 0.3) is 10.9 Å². The number of alkyl halides is 6. The number of aromatic amines is 1. The van der Waals surface area contributed by atoms with Crippen LogP contribution in [0.15, 0.2) is 29.1 Å². The van der Waals surface area contributed by atoms with E-state index >= 15 is 0 Å². The third kappa shape index (κ3) is 3.74. The molecule has 1 aromatic carbocycles. The first-order valence-electron chi connectivity index (χ1n) is 7.81. The number of aliphatic hydroxyl groups is 2. The largest absolute Gasteiger partial charge is 0.417 e. The number of rotatable bonds is 2. The Hall–Kier alpha value is -2.27. The number of hydrogen-bond acceptors (Lipinski definition) is 4. The number of aliphatic hydroxyl groups excluding tert-OH is 2. The van der Waals surface area contributed by atoms with Crippen LogP contribution >= 0.6 is 0 Å². The Morgan fingerprint density at radius 3 is 2.41 bits per heavy atom. The summed E-state index contributed by atoms with van der Waals surface area (Å²) in [5.41, 5.74) is -2.36. The van der Waals surface area contributed by atoms with Crippen molar-refractivity contribution in [3.63, 3.8) is 0 Å². The SMILES string of the molecule is O=c1cc(C(F)(F)F)c2cc(N3CC(O)CC3C(O)C(F)(F)F)ccc2[nH]1. The van der Waals surface area contributed by atoms with Crippen LogP contribution in [0.5, 0.6) is 0 Å². The van der Waals surface area contributed by atoms with Crippen molar-refractivity contribution in [3.8, 4) is 0 Å². The van der Waals surface area contributed by atoms with Crippen molar-refractivity contribution in [1.82, 2.24) is 4.98 Å². The topological polar surface area (TPSA) is 76.6 Å². The molecule has 3 N–H and O–H groups in total. The lowest BCUT2D eigenvalue weighted by atomic mass is 10.0. The third-order valence-electron chi connectivity index (χ3n) is 4.48. The average Bonchev–Trinajstić information content (AvgIpc) is 2.92. The summed E-state index contributed by atoms with van der Waals surface area (Å²) in [4.78, 5) is 14.7. The second-order valence-electron chi connectivity index (χ2n) is 6.37. The maximum absolute atomic E-state index is 13.2. The number of fused-ring (bicyclic) bond motifs is 1. The predicted molar refractivity (Wildman–Crippen MR) is 83.4 cm³/mol. The summed E-state index contributed by atoms with van der Waals surface area (Å²) in [7, 11) is 0. The fourth-order valence-electron chi connectivity index (χ4n) is 3.31. The van der Waals surface area contributed by atoms with Crippen molar-refractivity contribution in [2.75, 3.05) is 11.4 Å². The first kappa shape index (κ1) is 19.5. The molecule has 148 valence electrons. The minimum absolute atomic E-state index is 0.0371. The Balaban J connectivity index is 2.11. The number of nitrogens with one attached hydrogen (secondary N) is 1. The Labute approximate surface area is 147 Å². The fraction of sp³-hybridized carbons (Fsp3) is 0.438. The van der Waals surface area contributed by atoms with E-state index in [1.807, 2.05) is 0 Å². The minimum atomic E-state index is -4.95. The van der Waals surface area contributed by atoms with Gasteiger partial charge in [0.05, 0.1) is 17.7 Å². The number of β-amino-alcohol motifs (C(OH)–C–C–N with tert-alkyl or cyclic N) is 1. The van der Waals surface area contributed by atoms with Crippen LogP contribution in [-0.2, 0) is 6.18 Å². The number of pyridine rings is 1. The molecular weight excluding hydrogens is 382 g/mol. The van der Waals surface area contributed by atoms with Gasteiger partial charge in [-0.2, -0.15) is 26.3 Å². The van der Waals surface area contributed by atoms with Crippen LogP contribution in [0.4, 0.5) is 32.0 Å². The summed E-state index contributed by atoms with van der Waals surface area (Å²) >= 11 is 0. The molecule has 2 heterocycles. The fourth-order valence-corrected chi connectivity index (χ4v) is 3.31. The highest BCUT2D eigenvalue weighted by Gasteiger charge is 2.49. The Kier molecular flexibility index (Phi) is 4.63. The van der Waals surface area contributed by atoms with Crippen LogP contribution in [0.1, 0.15) is 12.0 Å². The average molecular weight is 396 g/mol. The Morgan fingerprint density at radius 1 is 1.15 bits per heavy atom. The van der Waals surface area contributed by atoms with Crippen molar-refractivity contribution >= 4 is 16.6 Å². The molecular formula is C16H14F6N2O3. The minimum Gasteiger partial charge on any atom is -0.391 e. The van der Waals surface area contributed by atoms with Crippen molar-refractivity contribution in [1.29, 1.82) is 0 Å². The van der Waals surface area contributed by atoms with Crippen molar-refractivity contribution in [2.45, 2.75) is 37.0 Å². The molecule has 0 bridgehead atoms. The van der Waals surface area contributed by atoms with E-state index in [2.05, 4.69) is 4.98 Å². The van der Waals surface area contributed by atoms with Gasteiger partial charge in [-0.3, -0.25) is 4.79 Å². The summed E-state index contributed by atoms with van der Waals surface area (Å²) in [6.45, 7) is -0.284. The van der Waals surface area contributed by atoms with Crippen LogP contribution in [-0.4, -0.2) is 46.2 Å². The normalized spacial score (nSPS) is 22.4. The van der Waals surface area contributed by atoms with Gasteiger partial charge in [0.2, 0.25) is 5.56 Å². The zero-order chi connectivity index (χ0) is 20.1. The first-order valence-corrected chi connectivity index (χ1v) is 7.81. The zero-order valence-corrected chi connectivity index (χ0v) is 13.5. The van der Waals surface area contributed by atoms with Gasteiger partial charge in [0, 0.05) is 29.2 Å². The van der Waals surface area contributed by atoms with Crippen LogP contribution < -0.4 is 10.5 Å². The first-order chi connectivity index (χ1) is 12.4. The molecule has 0 radical (unpaired) electrons. The number of aromatic nitrogens is 1. The van der Waals surface area contributed by atoms with Gasteiger partial charge in [-0.1, -0.05) is 0 Å². The van der Waals surface area contributed by atoms with Crippen molar-refractivity contribution in [3.05, 3.63) is 40.2 Å². The van der Waals surface area contributed by atoms with Crippen LogP contribution in [0.3, 0.4) is 0 Å². The molecule has 0 spiro atoms. The highest BCUT2D eigenvalue weighted by molar-refractivity contribution is 5.86. The molecule has 1 aliphatic rings. The van der Waals surface area contributed by atoms with E-state index in [9.17, 15) is 41.4 Å².